The quantitative estimate of drug-likeness (QED) is 0.512. The molecule has 1 aromatic carbocycles. The normalized spacial score (nSPS) is 24.6. The molecule has 1 aromatic heterocycles. The highest BCUT2D eigenvalue weighted by Crippen LogP contribution is 2.34. The number of pyridine rings is 1. The van der Waals surface area contributed by atoms with E-state index >= 15 is 0 Å². The predicted octanol–water partition coefficient (Wildman–Crippen LogP) is 6.45. The predicted molar refractivity (Wildman–Crippen MR) is 126 cm³/mol. The van der Waals surface area contributed by atoms with Gasteiger partial charge in [0.15, 0.2) is 0 Å². The standard InChI is InChI=1S/C26H31ClN2O/c1-4-26(14-16-29(3)20-24-11-8-10-15-28-24)13-9-6-5-7-12-25(30-26)22-17-21(2)18-23(27)19-22/h5-13,15,17-19,25H,4,14,16,20H2,1-3H3/b6-5-,12-7+,13-9+. The van der Waals surface area contributed by atoms with Gasteiger partial charge in [-0.1, -0.05) is 67.1 Å². The molecular formula is C26H31ClN2O. The molecule has 2 aromatic rings. The summed E-state index contributed by atoms with van der Waals surface area (Å²) < 4.78 is 6.79. The van der Waals surface area contributed by atoms with Crippen LogP contribution in [-0.4, -0.2) is 29.1 Å². The Morgan fingerprint density at radius 3 is 2.70 bits per heavy atom. The smallest absolute Gasteiger partial charge is 0.102 e. The SMILES string of the molecule is CCC1(CCN(C)Cc2ccccn2)/C=C/C=C\C=C\C(c2cc(C)cc(Cl)c2)O1. The zero-order valence-electron chi connectivity index (χ0n) is 18.1. The summed E-state index contributed by atoms with van der Waals surface area (Å²) in [6.07, 6.45) is 16.0. The van der Waals surface area contributed by atoms with E-state index in [1.165, 1.54) is 0 Å². The average molecular weight is 423 g/mol. The van der Waals surface area contributed by atoms with Crippen molar-refractivity contribution < 1.29 is 4.74 Å². The van der Waals surface area contributed by atoms with E-state index in [-0.39, 0.29) is 11.7 Å². The zero-order chi connectivity index (χ0) is 21.4. The summed E-state index contributed by atoms with van der Waals surface area (Å²) in [5.41, 5.74) is 2.94. The molecule has 1 aliphatic rings. The number of nitrogens with zero attached hydrogens (tertiary/aromatic N) is 2. The van der Waals surface area contributed by atoms with Crippen molar-refractivity contribution in [3.05, 3.63) is 101 Å². The van der Waals surface area contributed by atoms with Gasteiger partial charge in [-0.05, 0) is 62.2 Å². The molecule has 2 atom stereocenters. The molecular weight excluding hydrogens is 392 g/mol. The first-order valence-electron chi connectivity index (χ1n) is 10.6. The average Bonchev–Trinajstić information content (AvgIpc) is 2.83. The van der Waals surface area contributed by atoms with Crippen molar-refractivity contribution in [1.82, 2.24) is 9.88 Å². The van der Waals surface area contributed by atoms with Gasteiger partial charge < -0.3 is 9.64 Å². The van der Waals surface area contributed by atoms with E-state index < -0.39 is 0 Å². The van der Waals surface area contributed by atoms with Crippen LogP contribution in [0, 0.1) is 6.92 Å². The fourth-order valence-electron chi connectivity index (χ4n) is 3.71. The van der Waals surface area contributed by atoms with Gasteiger partial charge in [0.1, 0.15) is 6.10 Å². The van der Waals surface area contributed by atoms with Crippen LogP contribution in [-0.2, 0) is 11.3 Å². The van der Waals surface area contributed by atoms with Crippen LogP contribution in [0.4, 0.5) is 0 Å². The first-order valence-corrected chi connectivity index (χ1v) is 10.9. The van der Waals surface area contributed by atoms with Crippen LogP contribution >= 0.6 is 11.6 Å². The van der Waals surface area contributed by atoms with Crippen molar-refractivity contribution >= 4 is 11.6 Å². The number of ether oxygens (including phenoxy) is 1. The van der Waals surface area contributed by atoms with Crippen molar-refractivity contribution in [2.45, 2.75) is 44.9 Å². The Balaban J connectivity index is 1.78. The molecule has 158 valence electrons. The number of benzene rings is 1. The Morgan fingerprint density at radius 1 is 1.13 bits per heavy atom. The van der Waals surface area contributed by atoms with Gasteiger partial charge in [0.05, 0.1) is 11.3 Å². The number of hydrogen-bond acceptors (Lipinski definition) is 3. The molecule has 0 saturated heterocycles. The fraction of sp³-hybridized carbons (Fsp3) is 0.346. The molecule has 1 aliphatic heterocycles. The van der Waals surface area contributed by atoms with Crippen LogP contribution in [0.1, 0.15) is 42.7 Å². The maximum Gasteiger partial charge on any atom is 0.102 e. The van der Waals surface area contributed by atoms with Crippen LogP contribution in [0.3, 0.4) is 0 Å². The molecule has 0 aliphatic carbocycles. The van der Waals surface area contributed by atoms with E-state index in [1.54, 1.807) is 0 Å². The van der Waals surface area contributed by atoms with E-state index in [9.17, 15) is 0 Å². The summed E-state index contributed by atoms with van der Waals surface area (Å²) >= 11 is 6.34. The fourth-order valence-corrected chi connectivity index (χ4v) is 4.01. The second-order valence-corrected chi connectivity index (χ2v) is 8.39. The lowest BCUT2D eigenvalue weighted by atomic mass is 9.93. The maximum absolute atomic E-state index is 6.79. The Labute approximate surface area is 185 Å². The van der Waals surface area contributed by atoms with Gasteiger partial charge in [0.25, 0.3) is 0 Å². The minimum atomic E-state index is -0.363. The highest BCUT2D eigenvalue weighted by molar-refractivity contribution is 6.30. The Morgan fingerprint density at radius 2 is 1.97 bits per heavy atom. The molecule has 30 heavy (non-hydrogen) atoms. The van der Waals surface area contributed by atoms with Gasteiger partial charge >= 0.3 is 0 Å². The van der Waals surface area contributed by atoms with Crippen LogP contribution < -0.4 is 0 Å². The van der Waals surface area contributed by atoms with Crippen LogP contribution in [0.25, 0.3) is 0 Å². The third-order valence-electron chi connectivity index (χ3n) is 5.45. The van der Waals surface area contributed by atoms with Crippen LogP contribution in [0.2, 0.25) is 5.02 Å². The molecule has 0 radical (unpaired) electrons. The molecule has 4 heteroatoms. The molecule has 0 N–H and O–H groups in total. The Hall–Kier alpha value is -2.20. The number of allylic oxidation sites excluding steroid dienone is 4. The van der Waals surface area contributed by atoms with E-state index in [2.05, 4.69) is 67.2 Å². The zero-order valence-corrected chi connectivity index (χ0v) is 18.8. The second-order valence-electron chi connectivity index (χ2n) is 7.96. The van der Waals surface area contributed by atoms with Gasteiger partial charge in [-0.25, -0.2) is 0 Å². The van der Waals surface area contributed by atoms with E-state index in [0.29, 0.717) is 0 Å². The third kappa shape index (κ3) is 6.40. The maximum atomic E-state index is 6.79. The van der Waals surface area contributed by atoms with Crippen molar-refractivity contribution in [2.24, 2.45) is 0 Å². The van der Waals surface area contributed by atoms with E-state index in [4.69, 9.17) is 16.3 Å². The summed E-state index contributed by atoms with van der Waals surface area (Å²) in [6.45, 7) is 5.98. The molecule has 2 heterocycles. The first kappa shape index (κ1) is 22.5. The summed E-state index contributed by atoms with van der Waals surface area (Å²) in [5.74, 6) is 0. The monoisotopic (exact) mass is 422 g/mol. The lowest BCUT2D eigenvalue weighted by molar-refractivity contribution is -0.0555. The van der Waals surface area contributed by atoms with Crippen molar-refractivity contribution in [1.29, 1.82) is 0 Å². The van der Waals surface area contributed by atoms with Crippen molar-refractivity contribution in [3.63, 3.8) is 0 Å². The lowest BCUT2D eigenvalue weighted by Crippen LogP contribution is -2.35. The van der Waals surface area contributed by atoms with Crippen molar-refractivity contribution in [2.75, 3.05) is 13.6 Å². The minimum absolute atomic E-state index is 0.157. The molecule has 0 amide bonds. The lowest BCUT2D eigenvalue weighted by Gasteiger charge is -2.35. The molecule has 3 rings (SSSR count). The highest BCUT2D eigenvalue weighted by Gasteiger charge is 2.30. The molecule has 3 nitrogen and oxygen atoms in total. The number of hydrogen-bond donors (Lipinski definition) is 0. The summed E-state index contributed by atoms with van der Waals surface area (Å²) in [7, 11) is 2.13. The van der Waals surface area contributed by atoms with E-state index in [1.807, 2.05) is 42.6 Å². The molecule has 0 spiro atoms. The number of rotatable bonds is 7. The van der Waals surface area contributed by atoms with Crippen LogP contribution in [0.15, 0.2) is 79.1 Å². The van der Waals surface area contributed by atoms with E-state index in [0.717, 1.165) is 47.8 Å². The number of aryl methyl sites for hydroxylation is 1. The largest absolute Gasteiger partial charge is 0.359 e. The minimum Gasteiger partial charge on any atom is -0.359 e. The number of aromatic nitrogens is 1. The highest BCUT2D eigenvalue weighted by atomic mass is 35.5. The third-order valence-corrected chi connectivity index (χ3v) is 5.67. The van der Waals surface area contributed by atoms with Gasteiger partial charge in [-0.15, -0.1) is 0 Å². The molecule has 0 fully saturated rings. The summed E-state index contributed by atoms with van der Waals surface area (Å²) in [5, 5.41) is 0.741. The Bertz CT molecular complexity index is 886. The van der Waals surface area contributed by atoms with Gasteiger partial charge in [-0.3, -0.25) is 4.98 Å². The van der Waals surface area contributed by atoms with Gasteiger partial charge in [-0.2, -0.15) is 0 Å². The molecule has 0 saturated carbocycles. The molecule has 2 unspecified atom stereocenters. The first-order chi connectivity index (χ1) is 14.5. The summed E-state index contributed by atoms with van der Waals surface area (Å²) in [4.78, 5) is 6.74. The Kier molecular flexibility index (Phi) is 8.03. The topological polar surface area (TPSA) is 25.4 Å². The summed E-state index contributed by atoms with van der Waals surface area (Å²) in [6, 6.07) is 12.2. The second kappa shape index (κ2) is 10.7. The van der Waals surface area contributed by atoms with Crippen molar-refractivity contribution in [3.8, 4) is 0 Å². The van der Waals surface area contributed by atoms with Crippen LogP contribution in [0.5, 0.6) is 0 Å². The van der Waals surface area contributed by atoms with Gasteiger partial charge in [0, 0.05) is 24.3 Å². The van der Waals surface area contributed by atoms with Gasteiger partial charge in [0.2, 0.25) is 0 Å². The number of halogens is 1. The molecule has 0 bridgehead atoms.